The molecule has 1 aliphatic rings. The van der Waals surface area contributed by atoms with Crippen LogP contribution in [0.2, 0.25) is 0 Å². The summed E-state index contributed by atoms with van der Waals surface area (Å²) in [5, 5.41) is 21.7. The number of anilines is 1. The van der Waals surface area contributed by atoms with Crippen LogP contribution in [-0.2, 0) is 15.8 Å². The van der Waals surface area contributed by atoms with E-state index in [0.717, 1.165) is 55.2 Å². The van der Waals surface area contributed by atoms with E-state index in [-0.39, 0.29) is 22.8 Å². The Morgan fingerprint density at radius 3 is 2.29 bits per heavy atom. The minimum Gasteiger partial charge on any atom is -0.423 e. The molecule has 0 heterocycles. The average Bonchev–Trinajstić information content (AvgIpc) is 2.82. The first-order valence-corrected chi connectivity index (χ1v) is 10.8. The molecule has 10 heteroatoms. The molecule has 6 nitrogen and oxygen atoms in total. The topological polar surface area (TPSA) is 89.9 Å². The van der Waals surface area contributed by atoms with Gasteiger partial charge in [-0.3, -0.25) is 14.5 Å². The Bertz CT molecular complexity index is 1060. The molecule has 0 spiro atoms. The van der Waals surface area contributed by atoms with Crippen LogP contribution in [0.15, 0.2) is 48.5 Å². The van der Waals surface area contributed by atoms with Crippen LogP contribution in [0.4, 0.5) is 18.9 Å². The second-order valence-corrected chi connectivity index (χ2v) is 8.15. The molecule has 3 N–H and O–H groups in total. The Balaban J connectivity index is 2.09. The maximum atomic E-state index is 13.5. The van der Waals surface area contributed by atoms with E-state index in [1.165, 1.54) is 30.3 Å². The minimum atomic E-state index is -4.67. The van der Waals surface area contributed by atoms with Crippen molar-refractivity contribution in [1.29, 1.82) is 0 Å². The van der Waals surface area contributed by atoms with Gasteiger partial charge in [0.2, 0.25) is 5.91 Å². The molecular formula is C24H24BF3N2O4. The van der Waals surface area contributed by atoms with Gasteiger partial charge in [-0.1, -0.05) is 49.6 Å². The van der Waals surface area contributed by atoms with Gasteiger partial charge < -0.3 is 15.4 Å². The van der Waals surface area contributed by atoms with Gasteiger partial charge in [-0.2, -0.15) is 13.2 Å². The number of nitrogens with zero attached hydrogens (tertiary/aromatic N) is 1. The normalized spacial score (nSPS) is 15.2. The van der Waals surface area contributed by atoms with E-state index in [9.17, 15) is 32.8 Å². The van der Waals surface area contributed by atoms with Gasteiger partial charge in [0.1, 0.15) is 6.04 Å². The molecule has 1 aliphatic carbocycles. The first-order valence-electron chi connectivity index (χ1n) is 10.8. The van der Waals surface area contributed by atoms with Crippen molar-refractivity contribution in [2.75, 3.05) is 4.90 Å². The van der Waals surface area contributed by atoms with Gasteiger partial charge in [0, 0.05) is 11.7 Å². The van der Waals surface area contributed by atoms with Crippen LogP contribution in [-0.4, -0.2) is 35.0 Å². The summed E-state index contributed by atoms with van der Waals surface area (Å²) in [6, 6.07) is 8.04. The Hall–Kier alpha value is -3.29. The number of alkyl halides is 3. The van der Waals surface area contributed by atoms with Gasteiger partial charge in [0.15, 0.2) is 0 Å². The lowest BCUT2D eigenvalue weighted by Crippen LogP contribution is -2.47. The quantitative estimate of drug-likeness (QED) is 0.446. The fourth-order valence-corrected chi connectivity index (χ4v) is 4.08. The SMILES string of the molecule is C#CC(=O)N(c1cccc(C(F)(F)F)c1)C(C(=O)NC1CCCCC1)c1ccc(B(O)O)cc1. The highest BCUT2D eigenvalue weighted by molar-refractivity contribution is 6.58. The molecule has 1 atom stereocenters. The zero-order valence-electron chi connectivity index (χ0n) is 18.3. The number of amides is 2. The Labute approximate surface area is 195 Å². The van der Waals surface area contributed by atoms with Crippen LogP contribution in [0.25, 0.3) is 0 Å². The van der Waals surface area contributed by atoms with E-state index in [4.69, 9.17) is 6.42 Å². The van der Waals surface area contributed by atoms with Crippen LogP contribution in [0.1, 0.15) is 49.3 Å². The molecule has 0 saturated heterocycles. The number of hydrogen-bond acceptors (Lipinski definition) is 4. The molecule has 1 saturated carbocycles. The van der Waals surface area contributed by atoms with Crippen LogP contribution < -0.4 is 15.7 Å². The van der Waals surface area contributed by atoms with Gasteiger partial charge in [-0.15, -0.1) is 6.42 Å². The Kier molecular flexibility index (Phi) is 8.02. The largest absolute Gasteiger partial charge is 0.488 e. The van der Waals surface area contributed by atoms with Crippen LogP contribution in [0.3, 0.4) is 0 Å². The zero-order chi connectivity index (χ0) is 24.9. The van der Waals surface area contributed by atoms with Crippen molar-refractivity contribution in [1.82, 2.24) is 5.32 Å². The number of halogens is 3. The van der Waals surface area contributed by atoms with Gasteiger partial charge in [-0.05, 0) is 48.0 Å². The average molecular weight is 472 g/mol. The molecule has 0 radical (unpaired) electrons. The van der Waals surface area contributed by atoms with E-state index in [2.05, 4.69) is 5.32 Å². The van der Waals surface area contributed by atoms with Crippen molar-refractivity contribution in [3.8, 4) is 12.3 Å². The first-order chi connectivity index (χ1) is 16.1. The van der Waals surface area contributed by atoms with Crippen molar-refractivity contribution in [3.05, 3.63) is 59.7 Å². The van der Waals surface area contributed by atoms with Gasteiger partial charge in [-0.25, -0.2) is 0 Å². The standard InChI is InChI=1S/C24H24BF3N2O4/c1-2-21(31)30(20-10-6-7-17(15-20)24(26,27)28)22(16-11-13-18(14-12-16)25(33)34)23(32)29-19-8-4-3-5-9-19/h1,6-7,10-15,19,22,33-34H,3-5,8-9H2,(H,29,32). The number of hydrogen-bond donors (Lipinski definition) is 3. The highest BCUT2D eigenvalue weighted by Gasteiger charge is 2.36. The first kappa shape index (κ1) is 25.3. The predicted molar refractivity (Wildman–Crippen MR) is 122 cm³/mol. The van der Waals surface area contributed by atoms with Crippen molar-refractivity contribution < 1.29 is 32.8 Å². The maximum Gasteiger partial charge on any atom is 0.488 e. The van der Waals surface area contributed by atoms with Crippen molar-refractivity contribution in [3.63, 3.8) is 0 Å². The van der Waals surface area contributed by atoms with E-state index in [0.29, 0.717) is 0 Å². The molecule has 2 aromatic rings. The third-order valence-corrected chi connectivity index (χ3v) is 5.80. The van der Waals surface area contributed by atoms with Crippen molar-refractivity contribution in [2.24, 2.45) is 0 Å². The van der Waals surface area contributed by atoms with Crippen LogP contribution in [0, 0.1) is 12.3 Å². The lowest BCUT2D eigenvalue weighted by molar-refractivity contribution is -0.137. The number of nitrogens with one attached hydrogen (secondary N) is 1. The molecule has 2 aromatic carbocycles. The second kappa shape index (κ2) is 10.8. The smallest absolute Gasteiger partial charge is 0.423 e. The zero-order valence-corrected chi connectivity index (χ0v) is 18.3. The summed E-state index contributed by atoms with van der Waals surface area (Å²) in [4.78, 5) is 27.1. The predicted octanol–water partition coefficient (Wildman–Crippen LogP) is 2.54. The van der Waals surface area contributed by atoms with Crippen LogP contribution in [0.5, 0.6) is 0 Å². The molecule has 0 aliphatic heterocycles. The molecule has 0 aromatic heterocycles. The molecule has 3 rings (SSSR count). The molecule has 178 valence electrons. The fraction of sp³-hybridized carbons (Fsp3) is 0.333. The number of carbonyl (C=O) groups is 2. The third kappa shape index (κ3) is 5.98. The molecule has 1 fully saturated rings. The summed E-state index contributed by atoms with van der Waals surface area (Å²) in [6.07, 6.45) is 5.08. The van der Waals surface area contributed by atoms with Gasteiger partial charge in [0.25, 0.3) is 0 Å². The van der Waals surface area contributed by atoms with E-state index in [1.54, 1.807) is 0 Å². The third-order valence-electron chi connectivity index (χ3n) is 5.80. The summed E-state index contributed by atoms with van der Waals surface area (Å²) in [5.41, 5.74) is -0.791. The lowest BCUT2D eigenvalue weighted by Gasteiger charge is -2.32. The minimum absolute atomic E-state index is 0.133. The number of carbonyl (C=O) groups excluding carboxylic acids is 2. The van der Waals surface area contributed by atoms with E-state index < -0.39 is 36.7 Å². The molecule has 34 heavy (non-hydrogen) atoms. The molecular weight excluding hydrogens is 448 g/mol. The van der Waals surface area contributed by atoms with Crippen LogP contribution >= 0.6 is 0 Å². The fourth-order valence-electron chi connectivity index (χ4n) is 4.08. The molecule has 2 amide bonds. The summed E-state index contributed by atoms with van der Waals surface area (Å²) in [7, 11) is -1.75. The summed E-state index contributed by atoms with van der Waals surface area (Å²) < 4.78 is 40.1. The summed E-state index contributed by atoms with van der Waals surface area (Å²) >= 11 is 0. The highest BCUT2D eigenvalue weighted by Crippen LogP contribution is 2.34. The summed E-state index contributed by atoms with van der Waals surface area (Å²) in [5.74, 6) is 0.322. The second-order valence-electron chi connectivity index (χ2n) is 8.15. The number of rotatable bonds is 6. The maximum absolute atomic E-state index is 13.5. The Morgan fingerprint density at radius 2 is 1.74 bits per heavy atom. The summed E-state index contributed by atoms with van der Waals surface area (Å²) in [6.45, 7) is 0. The number of terminal acetylenes is 1. The van der Waals surface area contributed by atoms with E-state index in [1.807, 2.05) is 5.92 Å². The van der Waals surface area contributed by atoms with Gasteiger partial charge in [0.05, 0.1) is 5.56 Å². The van der Waals surface area contributed by atoms with Gasteiger partial charge >= 0.3 is 19.2 Å². The van der Waals surface area contributed by atoms with Crippen molar-refractivity contribution in [2.45, 2.75) is 50.4 Å². The lowest BCUT2D eigenvalue weighted by atomic mass is 9.79. The monoisotopic (exact) mass is 472 g/mol. The van der Waals surface area contributed by atoms with Crippen molar-refractivity contribution >= 4 is 30.1 Å². The number of benzene rings is 2. The van der Waals surface area contributed by atoms with E-state index >= 15 is 0 Å². The molecule has 1 unspecified atom stereocenters. The Morgan fingerprint density at radius 1 is 1.09 bits per heavy atom. The highest BCUT2D eigenvalue weighted by atomic mass is 19.4. The molecule has 0 bridgehead atoms.